The second kappa shape index (κ2) is 15.2. The summed E-state index contributed by atoms with van der Waals surface area (Å²) in [5, 5.41) is 32.2. The van der Waals surface area contributed by atoms with Gasteiger partial charge in [-0.3, -0.25) is 4.79 Å². The zero-order chi connectivity index (χ0) is 25.5. The van der Waals surface area contributed by atoms with Gasteiger partial charge in [0.2, 0.25) is 0 Å². The molecule has 1 aromatic heterocycles. The monoisotopic (exact) mass is 504 g/mol. The van der Waals surface area contributed by atoms with Crippen LogP contribution in [0.3, 0.4) is 0 Å². The molecule has 0 fully saturated rings. The van der Waals surface area contributed by atoms with Crippen LogP contribution in [0.4, 0.5) is 0 Å². The van der Waals surface area contributed by atoms with Crippen molar-refractivity contribution >= 4 is 15.8 Å². The zero-order valence-electron chi connectivity index (χ0n) is 20.2. The molecule has 0 spiro atoms. The highest BCUT2D eigenvalue weighted by atomic mass is 32.2. The normalized spacial score (nSPS) is 14.0. The zero-order valence-corrected chi connectivity index (χ0v) is 21.0. The number of aliphatic hydroxyl groups is 1. The number of nitrogens with one attached hydrogen (secondary N) is 1. The molecule has 192 valence electrons. The highest BCUT2D eigenvalue weighted by molar-refractivity contribution is 7.92. The second-order valence-corrected chi connectivity index (χ2v) is 10.8. The average Bonchev–Trinajstić information content (AvgIpc) is 3.38. The molecule has 35 heavy (non-hydrogen) atoms. The predicted molar refractivity (Wildman–Crippen MR) is 135 cm³/mol. The van der Waals surface area contributed by atoms with Crippen LogP contribution in [0.15, 0.2) is 48.6 Å². The maximum absolute atomic E-state index is 12.9. The van der Waals surface area contributed by atoms with Crippen LogP contribution in [0.2, 0.25) is 0 Å². The SMILES string of the molecule is CCCCCCCCC/C=C/C=C/[C@H]([C@@H](O)c1cccc(-c2nnn[nH]2)c1)S(=O)(=O)CCC(=O)O. The number of H-pyrrole nitrogens is 1. The van der Waals surface area contributed by atoms with Crippen molar-refractivity contribution in [2.45, 2.75) is 76.1 Å². The van der Waals surface area contributed by atoms with E-state index in [2.05, 4.69) is 27.5 Å². The number of aromatic amines is 1. The Kier molecular flexibility index (Phi) is 12.3. The minimum absolute atomic E-state index is 0.361. The number of allylic oxidation sites excluding steroid dienone is 3. The fraction of sp³-hybridized carbons (Fsp3) is 0.520. The molecule has 3 N–H and O–H groups in total. The minimum Gasteiger partial charge on any atom is -0.481 e. The lowest BCUT2D eigenvalue weighted by Crippen LogP contribution is -2.29. The van der Waals surface area contributed by atoms with Gasteiger partial charge in [0.1, 0.15) is 5.25 Å². The van der Waals surface area contributed by atoms with Gasteiger partial charge in [-0.2, -0.15) is 0 Å². The molecule has 2 atom stereocenters. The first kappa shape index (κ1) is 28.4. The van der Waals surface area contributed by atoms with Crippen molar-refractivity contribution in [2.75, 3.05) is 5.75 Å². The topological polar surface area (TPSA) is 146 Å². The summed E-state index contributed by atoms with van der Waals surface area (Å²) in [6, 6.07) is 6.62. The van der Waals surface area contributed by atoms with E-state index >= 15 is 0 Å². The Bertz CT molecular complexity index is 1050. The number of carboxylic acid groups (broad SMARTS) is 1. The summed E-state index contributed by atoms with van der Waals surface area (Å²) in [7, 11) is -3.94. The Balaban J connectivity index is 2.07. The molecule has 1 heterocycles. The van der Waals surface area contributed by atoms with E-state index in [0.717, 1.165) is 12.8 Å². The molecule has 10 heteroatoms. The van der Waals surface area contributed by atoms with E-state index in [1.807, 2.05) is 6.08 Å². The smallest absolute Gasteiger partial charge is 0.304 e. The van der Waals surface area contributed by atoms with Crippen LogP contribution < -0.4 is 0 Å². The second-order valence-electron chi connectivity index (χ2n) is 8.52. The van der Waals surface area contributed by atoms with E-state index in [4.69, 9.17) is 5.11 Å². The van der Waals surface area contributed by atoms with Gasteiger partial charge < -0.3 is 10.2 Å². The van der Waals surface area contributed by atoms with Crippen LogP contribution in [-0.2, 0) is 14.6 Å². The molecule has 0 bridgehead atoms. The third-order valence-corrected chi connectivity index (χ3v) is 7.71. The average molecular weight is 505 g/mol. The Hall–Kier alpha value is -2.85. The van der Waals surface area contributed by atoms with Crippen molar-refractivity contribution < 1.29 is 23.4 Å². The van der Waals surface area contributed by atoms with Gasteiger partial charge in [0.25, 0.3) is 0 Å². The summed E-state index contributed by atoms with van der Waals surface area (Å²) in [6.45, 7) is 2.20. The molecule has 2 aromatic rings. The molecule has 2 rings (SSSR count). The van der Waals surface area contributed by atoms with Crippen LogP contribution in [0.1, 0.15) is 76.4 Å². The lowest BCUT2D eigenvalue weighted by atomic mass is 10.0. The van der Waals surface area contributed by atoms with Crippen LogP contribution in [0.25, 0.3) is 11.4 Å². The minimum atomic E-state index is -3.94. The number of tetrazole rings is 1. The van der Waals surface area contributed by atoms with E-state index in [1.165, 1.54) is 44.6 Å². The highest BCUT2D eigenvalue weighted by Crippen LogP contribution is 2.27. The number of nitrogens with zero attached hydrogens (tertiary/aromatic N) is 3. The number of hydrogen-bond donors (Lipinski definition) is 3. The summed E-state index contributed by atoms with van der Waals surface area (Å²) >= 11 is 0. The van der Waals surface area contributed by atoms with Crippen molar-refractivity contribution in [3.8, 4) is 11.4 Å². The first-order valence-corrected chi connectivity index (χ1v) is 13.9. The molecule has 0 radical (unpaired) electrons. The van der Waals surface area contributed by atoms with Crippen molar-refractivity contribution in [1.82, 2.24) is 20.6 Å². The van der Waals surface area contributed by atoms with Gasteiger partial charge in [-0.05, 0) is 34.9 Å². The summed E-state index contributed by atoms with van der Waals surface area (Å²) < 4.78 is 25.9. The molecule has 1 aromatic carbocycles. The Morgan fingerprint density at radius 1 is 1.11 bits per heavy atom. The number of aliphatic carboxylic acids is 1. The van der Waals surface area contributed by atoms with Crippen molar-refractivity contribution in [3.63, 3.8) is 0 Å². The maximum Gasteiger partial charge on any atom is 0.304 e. The van der Waals surface area contributed by atoms with Crippen molar-refractivity contribution in [3.05, 3.63) is 54.1 Å². The number of aliphatic hydroxyl groups excluding tert-OH is 1. The summed E-state index contributed by atoms with van der Waals surface area (Å²) in [4.78, 5) is 11.0. The molecule has 0 aliphatic heterocycles. The van der Waals surface area contributed by atoms with Gasteiger partial charge in [-0.25, -0.2) is 13.5 Å². The number of carbonyl (C=O) groups is 1. The van der Waals surface area contributed by atoms with Crippen LogP contribution in [0, 0.1) is 0 Å². The van der Waals surface area contributed by atoms with E-state index in [9.17, 15) is 18.3 Å². The first-order valence-electron chi connectivity index (χ1n) is 12.1. The largest absolute Gasteiger partial charge is 0.481 e. The van der Waals surface area contributed by atoms with Crippen LogP contribution >= 0.6 is 0 Å². The predicted octanol–water partition coefficient (Wildman–Crippen LogP) is 4.41. The summed E-state index contributed by atoms with van der Waals surface area (Å²) in [5.74, 6) is -1.39. The van der Waals surface area contributed by atoms with Crippen molar-refractivity contribution in [1.29, 1.82) is 0 Å². The summed E-state index contributed by atoms with van der Waals surface area (Å²) in [6.07, 6.45) is 14.3. The molecule has 0 saturated heterocycles. The maximum atomic E-state index is 12.9. The number of benzene rings is 1. The van der Waals surface area contributed by atoms with Gasteiger partial charge in [0.15, 0.2) is 15.7 Å². The van der Waals surface area contributed by atoms with E-state index in [-0.39, 0.29) is 0 Å². The van der Waals surface area contributed by atoms with Gasteiger partial charge in [0.05, 0.1) is 18.3 Å². The number of unbranched alkanes of at least 4 members (excludes halogenated alkanes) is 7. The third kappa shape index (κ3) is 10.1. The standard InChI is InChI=1S/C25H36N4O5S/c1-2-3-4-5-6-7-8-9-10-11-12-16-22(35(33,34)18-17-23(30)31)24(32)20-14-13-15-21(19-20)25-26-28-29-27-25/h10-16,19,22,24,32H,2-9,17-18H2,1H3,(H,30,31)(H,26,27,28,29)/b11-10+,16-12+/t22-,24+/m1/s1. The number of aromatic nitrogens is 4. The fourth-order valence-corrected chi connectivity index (χ4v) is 5.31. The highest BCUT2D eigenvalue weighted by Gasteiger charge is 2.31. The van der Waals surface area contributed by atoms with Gasteiger partial charge >= 0.3 is 5.97 Å². The number of hydrogen-bond acceptors (Lipinski definition) is 7. The molecule has 0 amide bonds. The lowest BCUT2D eigenvalue weighted by Gasteiger charge is -2.21. The first-order chi connectivity index (χ1) is 16.8. The number of sulfone groups is 1. The van der Waals surface area contributed by atoms with Crippen LogP contribution in [0.5, 0.6) is 0 Å². The molecule has 0 aliphatic carbocycles. The Morgan fingerprint density at radius 3 is 2.54 bits per heavy atom. The number of rotatable bonds is 17. The van der Waals surface area contributed by atoms with E-state index < -0.39 is 39.3 Å². The van der Waals surface area contributed by atoms with Gasteiger partial charge in [-0.15, -0.1) is 5.10 Å². The molecule has 0 saturated carbocycles. The molecular weight excluding hydrogens is 468 g/mol. The quantitative estimate of drug-likeness (QED) is 0.212. The van der Waals surface area contributed by atoms with Gasteiger partial charge in [0, 0.05) is 5.56 Å². The Labute approximate surface area is 207 Å². The Morgan fingerprint density at radius 2 is 1.86 bits per heavy atom. The summed E-state index contributed by atoms with van der Waals surface area (Å²) in [5.41, 5.74) is 0.950. The van der Waals surface area contributed by atoms with E-state index in [1.54, 1.807) is 36.4 Å². The van der Waals surface area contributed by atoms with Crippen molar-refractivity contribution in [2.24, 2.45) is 0 Å². The van der Waals surface area contributed by atoms with Crippen LogP contribution in [-0.4, -0.2) is 56.2 Å². The lowest BCUT2D eigenvalue weighted by molar-refractivity contribution is -0.136. The third-order valence-electron chi connectivity index (χ3n) is 5.70. The fourth-order valence-electron chi connectivity index (χ4n) is 3.70. The molecule has 0 unspecified atom stereocenters. The molecule has 9 nitrogen and oxygen atoms in total. The molecule has 0 aliphatic rings. The number of carboxylic acids is 1. The molecular formula is C25H36N4O5S. The van der Waals surface area contributed by atoms with Gasteiger partial charge in [-0.1, -0.05) is 88.0 Å². The van der Waals surface area contributed by atoms with E-state index in [0.29, 0.717) is 17.0 Å².